The number of nitrogens with one attached hydrogen (secondary N) is 1. The zero-order chi connectivity index (χ0) is 12.3. The number of hydrogen-bond acceptors (Lipinski definition) is 3. The van der Waals surface area contributed by atoms with Crippen LogP contribution in [0.5, 0.6) is 0 Å². The maximum absolute atomic E-state index is 6.14. The molecule has 3 nitrogen and oxygen atoms in total. The highest BCUT2D eigenvalue weighted by Gasteiger charge is 2.15. The molecule has 17 heavy (non-hydrogen) atoms. The fourth-order valence-electron chi connectivity index (χ4n) is 1.63. The van der Waals surface area contributed by atoms with Gasteiger partial charge in [0.15, 0.2) is 0 Å². The molecule has 3 N–H and O–H groups in total. The summed E-state index contributed by atoms with van der Waals surface area (Å²) >= 11 is 11.9. The number of nitrogens with zero attached hydrogens (tertiary/aromatic N) is 1. The molecular weight excluding hydrogens is 257 g/mol. The summed E-state index contributed by atoms with van der Waals surface area (Å²) in [7, 11) is 0. The van der Waals surface area contributed by atoms with Crippen molar-refractivity contribution in [1.82, 2.24) is 10.4 Å². The first-order valence-electron chi connectivity index (χ1n) is 5.04. The fourth-order valence-corrected chi connectivity index (χ4v) is 1.99. The third-order valence-electron chi connectivity index (χ3n) is 2.47. The highest BCUT2D eigenvalue weighted by molar-refractivity contribution is 6.31. The molecule has 1 atom stereocenters. The molecule has 1 heterocycles. The second-order valence-corrected chi connectivity index (χ2v) is 4.33. The van der Waals surface area contributed by atoms with E-state index in [9.17, 15) is 0 Å². The Morgan fingerprint density at radius 3 is 2.47 bits per heavy atom. The lowest BCUT2D eigenvalue weighted by Gasteiger charge is -2.17. The Kier molecular flexibility index (Phi) is 3.97. The highest BCUT2D eigenvalue weighted by atomic mass is 35.5. The van der Waals surface area contributed by atoms with E-state index in [1.54, 1.807) is 12.3 Å². The molecule has 0 amide bonds. The van der Waals surface area contributed by atoms with Crippen LogP contribution in [0.2, 0.25) is 10.2 Å². The second kappa shape index (κ2) is 5.47. The topological polar surface area (TPSA) is 50.9 Å². The van der Waals surface area contributed by atoms with Gasteiger partial charge in [0.05, 0.1) is 6.04 Å². The van der Waals surface area contributed by atoms with Crippen molar-refractivity contribution >= 4 is 23.2 Å². The first kappa shape index (κ1) is 12.3. The van der Waals surface area contributed by atoms with Crippen molar-refractivity contribution in [2.75, 3.05) is 0 Å². The maximum Gasteiger partial charge on any atom is 0.129 e. The molecule has 2 aromatic rings. The number of pyridine rings is 1. The summed E-state index contributed by atoms with van der Waals surface area (Å²) in [5.74, 6) is 5.57. The quantitative estimate of drug-likeness (QED) is 0.511. The Morgan fingerprint density at radius 1 is 1.12 bits per heavy atom. The summed E-state index contributed by atoms with van der Waals surface area (Å²) in [5.41, 5.74) is 4.54. The van der Waals surface area contributed by atoms with Gasteiger partial charge in [-0.3, -0.25) is 5.84 Å². The van der Waals surface area contributed by atoms with Gasteiger partial charge in [-0.1, -0.05) is 47.5 Å². The number of aromatic nitrogens is 1. The summed E-state index contributed by atoms with van der Waals surface area (Å²) in [6, 6.07) is 10.9. The van der Waals surface area contributed by atoms with Crippen LogP contribution in [-0.4, -0.2) is 4.98 Å². The molecule has 2 rings (SSSR count). The van der Waals surface area contributed by atoms with Gasteiger partial charge in [-0.25, -0.2) is 10.4 Å². The Bertz CT molecular complexity index is 499. The molecule has 0 spiro atoms. The summed E-state index contributed by atoms with van der Waals surface area (Å²) in [6.07, 6.45) is 1.68. The molecule has 0 saturated heterocycles. The van der Waals surface area contributed by atoms with E-state index in [1.807, 2.05) is 30.3 Å². The molecule has 0 aliphatic heterocycles. The van der Waals surface area contributed by atoms with E-state index in [2.05, 4.69) is 10.4 Å². The smallest absolute Gasteiger partial charge is 0.129 e. The molecule has 0 bridgehead atoms. The molecule has 0 radical (unpaired) electrons. The molecular formula is C12H11Cl2N3. The summed E-state index contributed by atoms with van der Waals surface area (Å²) < 4.78 is 0. The minimum absolute atomic E-state index is 0.200. The van der Waals surface area contributed by atoms with Crippen molar-refractivity contribution in [3.05, 3.63) is 63.9 Å². The van der Waals surface area contributed by atoms with Gasteiger partial charge in [-0.05, 0) is 23.3 Å². The van der Waals surface area contributed by atoms with Gasteiger partial charge >= 0.3 is 0 Å². The number of benzene rings is 1. The van der Waals surface area contributed by atoms with E-state index in [0.29, 0.717) is 10.2 Å². The summed E-state index contributed by atoms with van der Waals surface area (Å²) in [4.78, 5) is 4.03. The minimum Gasteiger partial charge on any atom is -0.271 e. The molecule has 5 heteroatoms. The number of halogens is 2. The SMILES string of the molecule is NNC(c1ccc(Cl)nc1)c1ccccc1Cl. The standard InChI is InChI=1S/C12H11Cl2N3/c13-10-4-2-1-3-9(10)12(17-15)8-5-6-11(14)16-7-8/h1-7,12,17H,15H2. The van der Waals surface area contributed by atoms with Crippen LogP contribution < -0.4 is 11.3 Å². The third kappa shape index (κ3) is 2.76. The lowest BCUT2D eigenvalue weighted by atomic mass is 10.0. The predicted octanol–water partition coefficient (Wildman–Crippen LogP) is 2.94. The number of hydrazine groups is 1. The average Bonchev–Trinajstić information content (AvgIpc) is 2.35. The van der Waals surface area contributed by atoms with Gasteiger partial charge in [0.25, 0.3) is 0 Å². The van der Waals surface area contributed by atoms with Gasteiger partial charge in [-0.15, -0.1) is 0 Å². The number of rotatable bonds is 3. The van der Waals surface area contributed by atoms with E-state index >= 15 is 0 Å². The van der Waals surface area contributed by atoms with Gasteiger partial charge < -0.3 is 0 Å². The zero-order valence-electron chi connectivity index (χ0n) is 8.90. The van der Waals surface area contributed by atoms with Crippen LogP contribution in [0.3, 0.4) is 0 Å². The monoisotopic (exact) mass is 267 g/mol. The van der Waals surface area contributed by atoms with E-state index in [1.165, 1.54) is 0 Å². The Labute approximate surface area is 110 Å². The molecule has 1 unspecified atom stereocenters. The minimum atomic E-state index is -0.200. The van der Waals surface area contributed by atoms with Gasteiger partial charge in [0.1, 0.15) is 5.15 Å². The summed E-state index contributed by atoms with van der Waals surface area (Å²) in [5, 5.41) is 1.11. The van der Waals surface area contributed by atoms with Crippen LogP contribution in [-0.2, 0) is 0 Å². The van der Waals surface area contributed by atoms with Crippen LogP contribution in [0.1, 0.15) is 17.2 Å². The average molecular weight is 268 g/mol. The first-order valence-corrected chi connectivity index (χ1v) is 5.80. The normalized spacial score (nSPS) is 12.4. The third-order valence-corrected chi connectivity index (χ3v) is 3.03. The van der Waals surface area contributed by atoms with Crippen LogP contribution in [0.25, 0.3) is 0 Å². The van der Waals surface area contributed by atoms with Crippen LogP contribution in [0, 0.1) is 0 Å². The van der Waals surface area contributed by atoms with Gasteiger partial charge in [0, 0.05) is 11.2 Å². The van der Waals surface area contributed by atoms with E-state index in [0.717, 1.165) is 11.1 Å². The van der Waals surface area contributed by atoms with Crippen LogP contribution in [0.4, 0.5) is 0 Å². The van der Waals surface area contributed by atoms with Crippen molar-refractivity contribution in [2.24, 2.45) is 5.84 Å². The fraction of sp³-hybridized carbons (Fsp3) is 0.0833. The molecule has 0 fully saturated rings. The first-order chi connectivity index (χ1) is 8.22. The van der Waals surface area contributed by atoms with Crippen LogP contribution >= 0.6 is 23.2 Å². The molecule has 0 saturated carbocycles. The Hall–Kier alpha value is -1.13. The lowest BCUT2D eigenvalue weighted by molar-refractivity contribution is 0.635. The molecule has 0 aliphatic carbocycles. The zero-order valence-corrected chi connectivity index (χ0v) is 10.4. The molecule has 1 aromatic carbocycles. The van der Waals surface area contributed by atoms with Gasteiger partial charge in [0.2, 0.25) is 0 Å². The predicted molar refractivity (Wildman–Crippen MR) is 69.9 cm³/mol. The molecule has 1 aromatic heterocycles. The molecule has 88 valence electrons. The van der Waals surface area contributed by atoms with E-state index < -0.39 is 0 Å². The van der Waals surface area contributed by atoms with Crippen molar-refractivity contribution in [1.29, 1.82) is 0 Å². The number of nitrogens with two attached hydrogens (primary N) is 1. The van der Waals surface area contributed by atoms with E-state index in [4.69, 9.17) is 29.0 Å². The van der Waals surface area contributed by atoms with E-state index in [-0.39, 0.29) is 6.04 Å². The Morgan fingerprint density at radius 2 is 1.88 bits per heavy atom. The lowest BCUT2D eigenvalue weighted by Crippen LogP contribution is -2.29. The Balaban J connectivity index is 2.40. The van der Waals surface area contributed by atoms with Crippen LogP contribution in [0.15, 0.2) is 42.6 Å². The largest absolute Gasteiger partial charge is 0.271 e. The van der Waals surface area contributed by atoms with Crippen molar-refractivity contribution < 1.29 is 0 Å². The van der Waals surface area contributed by atoms with Crippen molar-refractivity contribution in [3.8, 4) is 0 Å². The highest BCUT2D eigenvalue weighted by Crippen LogP contribution is 2.27. The maximum atomic E-state index is 6.14. The summed E-state index contributed by atoms with van der Waals surface area (Å²) in [6.45, 7) is 0. The van der Waals surface area contributed by atoms with Crippen molar-refractivity contribution in [2.45, 2.75) is 6.04 Å². The van der Waals surface area contributed by atoms with Gasteiger partial charge in [-0.2, -0.15) is 0 Å². The number of hydrogen-bond donors (Lipinski definition) is 2. The molecule has 0 aliphatic rings. The second-order valence-electron chi connectivity index (χ2n) is 3.54. The van der Waals surface area contributed by atoms with Crippen molar-refractivity contribution in [3.63, 3.8) is 0 Å².